The Morgan fingerprint density at radius 3 is 2.43 bits per heavy atom. The molecule has 0 amide bonds. The van der Waals surface area contributed by atoms with Crippen molar-refractivity contribution in [1.29, 1.82) is 0 Å². The van der Waals surface area contributed by atoms with Crippen LogP contribution in [0.4, 0.5) is 5.69 Å². The fourth-order valence-electron chi connectivity index (χ4n) is 1.34. The molecule has 0 aliphatic rings. The van der Waals surface area contributed by atoms with Crippen LogP contribution in [-0.4, -0.2) is 41.1 Å². The molecule has 0 radical (unpaired) electrons. The van der Waals surface area contributed by atoms with E-state index in [0.29, 0.717) is 4.47 Å². The van der Waals surface area contributed by atoms with Crippen LogP contribution >= 0.6 is 15.9 Å². The Balaban J connectivity index is 3.03. The van der Waals surface area contributed by atoms with Crippen LogP contribution in [0.2, 0.25) is 0 Å². The van der Waals surface area contributed by atoms with E-state index >= 15 is 0 Å². The topological polar surface area (TPSA) is 135 Å². The summed E-state index contributed by atoms with van der Waals surface area (Å²) >= 11 is 3.03. The number of nitro benzene ring substituents is 1. The van der Waals surface area contributed by atoms with Crippen molar-refractivity contribution in [3.05, 3.63) is 32.8 Å². The van der Waals surface area contributed by atoms with Crippen molar-refractivity contribution >= 4 is 41.7 Å². The first-order chi connectivity index (χ1) is 9.59. The number of nitrogens with zero attached hydrogens (tertiary/aromatic N) is 1. The Morgan fingerprint density at radius 2 is 1.90 bits per heavy atom. The molecule has 118 valence electrons. The number of sulfonamides is 2. The zero-order valence-corrected chi connectivity index (χ0v) is 14.0. The van der Waals surface area contributed by atoms with E-state index in [1.54, 1.807) is 0 Å². The summed E-state index contributed by atoms with van der Waals surface area (Å²) < 4.78 is 50.8. The van der Waals surface area contributed by atoms with Gasteiger partial charge in [0.05, 0.1) is 10.7 Å². The van der Waals surface area contributed by atoms with Gasteiger partial charge in [-0.05, 0) is 19.2 Å². The molecule has 0 spiro atoms. The smallest absolute Gasteiger partial charge is 0.258 e. The lowest BCUT2D eigenvalue weighted by Crippen LogP contribution is -2.33. The average molecular weight is 402 g/mol. The number of rotatable bonds is 7. The molecule has 0 heterocycles. The Labute approximate surface area is 130 Å². The predicted molar refractivity (Wildman–Crippen MR) is 78.8 cm³/mol. The van der Waals surface area contributed by atoms with E-state index in [-0.39, 0.29) is 0 Å². The summed E-state index contributed by atoms with van der Waals surface area (Å²) in [5.74, 6) is -0.482. The molecule has 9 nitrogen and oxygen atoms in total. The summed E-state index contributed by atoms with van der Waals surface area (Å²) in [4.78, 5) is 9.49. The zero-order chi connectivity index (χ0) is 16.3. The Hall–Kier alpha value is -1.08. The van der Waals surface area contributed by atoms with Crippen molar-refractivity contribution in [2.45, 2.75) is 4.90 Å². The molecule has 0 bridgehead atoms. The van der Waals surface area contributed by atoms with Crippen molar-refractivity contribution < 1.29 is 21.8 Å². The molecule has 1 rings (SSSR count). The van der Waals surface area contributed by atoms with Crippen molar-refractivity contribution in [2.75, 3.05) is 19.3 Å². The number of benzene rings is 1. The maximum atomic E-state index is 12.0. The average Bonchev–Trinajstić information content (AvgIpc) is 2.37. The maximum Gasteiger partial charge on any atom is 0.289 e. The van der Waals surface area contributed by atoms with Crippen LogP contribution in [0.1, 0.15) is 0 Å². The van der Waals surface area contributed by atoms with Crippen LogP contribution in [0.15, 0.2) is 27.6 Å². The summed E-state index contributed by atoms with van der Waals surface area (Å²) in [6, 6.07) is 3.46. The lowest BCUT2D eigenvalue weighted by atomic mass is 10.3. The van der Waals surface area contributed by atoms with Gasteiger partial charge in [0.2, 0.25) is 20.0 Å². The van der Waals surface area contributed by atoms with Gasteiger partial charge in [-0.3, -0.25) is 10.1 Å². The largest absolute Gasteiger partial charge is 0.289 e. The van der Waals surface area contributed by atoms with Crippen molar-refractivity contribution in [3.8, 4) is 0 Å². The van der Waals surface area contributed by atoms with Gasteiger partial charge in [-0.2, -0.15) is 0 Å². The minimum absolute atomic E-state index is 0.344. The third kappa shape index (κ3) is 5.00. The molecule has 2 N–H and O–H groups in total. The molecule has 1 aromatic carbocycles. The van der Waals surface area contributed by atoms with Crippen molar-refractivity contribution in [3.63, 3.8) is 0 Å². The van der Waals surface area contributed by atoms with Crippen molar-refractivity contribution in [2.24, 2.45) is 0 Å². The van der Waals surface area contributed by atoms with E-state index in [2.05, 4.69) is 15.9 Å². The highest BCUT2D eigenvalue weighted by Crippen LogP contribution is 2.26. The highest BCUT2D eigenvalue weighted by Gasteiger charge is 2.26. The third-order valence-electron chi connectivity index (χ3n) is 2.38. The molecular weight excluding hydrogens is 390 g/mol. The molecule has 0 aliphatic carbocycles. The SMILES string of the molecule is CNS(=O)(=O)CCNS(=O)(=O)c1cc(Br)ccc1[N+](=O)[O-]. The van der Waals surface area contributed by atoms with Crippen molar-refractivity contribution in [1.82, 2.24) is 9.44 Å². The first kappa shape index (κ1) is 18.0. The van der Waals surface area contributed by atoms with Gasteiger partial charge >= 0.3 is 0 Å². The molecule has 0 atom stereocenters. The van der Waals surface area contributed by atoms with Crippen LogP contribution in [0, 0.1) is 10.1 Å². The molecule has 1 aromatic rings. The van der Waals surface area contributed by atoms with Gasteiger partial charge in [-0.15, -0.1) is 0 Å². The van der Waals surface area contributed by atoms with E-state index < -0.39 is 47.9 Å². The summed E-state index contributed by atoms with van der Waals surface area (Å²) in [6.07, 6.45) is 0. The van der Waals surface area contributed by atoms with Gasteiger partial charge in [0, 0.05) is 17.1 Å². The molecule has 12 heteroatoms. The molecule has 0 saturated carbocycles. The minimum atomic E-state index is -4.20. The Kier molecular flexibility index (Phi) is 5.81. The van der Waals surface area contributed by atoms with Gasteiger partial charge in [0.25, 0.3) is 5.69 Å². The second kappa shape index (κ2) is 6.79. The Bertz CT molecular complexity index is 747. The number of nitrogens with one attached hydrogen (secondary N) is 2. The summed E-state index contributed by atoms with van der Waals surface area (Å²) in [7, 11) is -6.58. The number of nitro groups is 1. The summed E-state index contributed by atoms with van der Waals surface area (Å²) in [5.41, 5.74) is -0.595. The fourth-order valence-corrected chi connectivity index (χ4v) is 3.79. The van der Waals surface area contributed by atoms with E-state index in [1.807, 2.05) is 9.44 Å². The fraction of sp³-hybridized carbons (Fsp3) is 0.333. The first-order valence-corrected chi connectivity index (χ1v) is 9.37. The standard InChI is InChI=1S/C9H12BrN3O6S2/c1-11-20(16,17)5-4-12-21(18,19)9-6-7(10)2-3-8(9)13(14)15/h2-3,6,11-12H,4-5H2,1H3. The number of halogens is 1. The first-order valence-electron chi connectivity index (χ1n) is 5.44. The van der Waals surface area contributed by atoms with Gasteiger partial charge in [-0.1, -0.05) is 15.9 Å². The monoisotopic (exact) mass is 401 g/mol. The van der Waals surface area contributed by atoms with Crippen LogP contribution in [0.25, 0.3) is 0 Å². The maximum absolute atomic E-state index is 12.0. The number of hydrogen-bond acceptors (Lipinski definition) is 6. The van der Waals surface area contributed by atoms with E-state index in [1.165, 1.54) is 13.1 Å². The number of hydrogen-bond donors (Lipinski definition) is 2. The van der Waals surface area contributed by atoms with Gasteiger partial charge in [0.15, 0.2) is 4.90 Å². The van der Waals surface area contributed by atoms with Gasteiger partial charge in [-0.25, -0.2) is 26.3 Å². The van der Waals surface area contributed by atoms with E-state index in [9.17, 15) is 26.9 Å². The zero-order valence-electron chi connectivity index (χ0n) is 10.7. The molecule has 0 aromatic heterocycles. The van der Waals surface area contributed by atoms with Gasteiger partial charge in [0.1, 0.15) is 0 Å². The van der Waals surface area contributed by atoms with Crippen LogP contribution in [0.5, 0.6) is 0 Å². The summed E-state index contributed by atoms with van der Waals surface area (Å²) in [6.45, 7) is -0.408. The van der Waals surface area contributed by atoms with E-state index in [4.69, 9.17) is 0 Å². The minimum Gasteiger partial charge on any atom is -0.258 e. The second-order valence-electron chi connectivity index (χ2n) is 3.79. The third-order valence-corrected chi connectivity index (χ3v) is 5.73. The normalized spacial score (nSPS) is 12.3. The highest BCUT2D eigenvalue weighted by atomic mass is 79.9. The predicted octanol–water partition coefficient (Wildman–Crippen LogP) is 0.185. The Morgan fingerprint density at radius 1 is 1.29 bits per heavy atom. The summed E-state index contributed by atoms with van der Waals surface area (Å²) in [5, 5.41) is 10.9. The quantitative estimate of drug-likeness (QED) is 0.494. The second-order valence-corrected chi connectivity index (χ2v) is 8.49. The van der Waals surface area contributed by atoms with Crippen LogP contribution in [-0.2, 0) is 20.0 Å². The lowest BCUT2D eigenvalue weighted by Gasteiger charge is -2.08. The molecule has 0 saturated heterocycles. The molecule has 0 aliphatic heterocycles. The van der Waals surface area contributed by atoms with Crippen LogP contribution in [0.3, 0.4) is 0 Å². The van der Waals surface area contributed by atoms with Crippen LogP contribution < -0.4 is 9.44 Å². The molecule has 0 fully saturated rings. The van der Waals surface area contributed by atoms with E-state index in [0.717, 1.165) is 12.1 Å². The molecule has 0 unspecified atom stereocenters. The highest BCUT2D eigenvalue weighted by molar-refractivity contribution is 9.10. The van der Waals surface area contributed by atoms with Gasteiger partial charge < -0.3 is 0 Å². The molecular formula is C9H12BrN3O6S2. The lowest BCUT2D eigenvalue weighted by molar-refractivity contribution is -0.387. The molecule has 21 heavy (non-hydrogen) atoms.